The lowest BCUT2D eigenvalue weighted by Crippen LogP contribution is -2.28. The van der Waals surface area contributed by atoms with E-state index in [1.165, 1.54) is 34.2 Å². The summed E-state index contributed by atoms with van der Waals surface area (Å²) in [6, 6.07) is 21.4. The van der Waals surface area contributed by atoms with Crippen molar-refractivity contribution in [3.63, 3.8) is 0 Å². The minimum absolute atomic E-state index is 0.0313. The minimum Gasteiger partial charge on any atom is -0.481 e. The van der Waals surface area contributed by atoms with Crippen molar-refractivity contribution in [1.82, 2.24) is 0 Å². The number of hydrogen-bond acceptors (Lipinski definition) is 2. The standard InChI is InChI=1S/C35H42O3/c1-5-35(6-2,30-14-13-28(25(3)21-30)17-20-34(38)18-8-7-9-19-34)31-15-16-32(26(4)22-31)29-12-10-11-27(23-29)24-33(36)37/h10-17,20-23,38H,5-9,18-19,24H2,1-4H3,(H,36,37). The van der Waals surface area contributed by atoms with Crippen molar-refractivity contribution in [1.29, 1.82) is 0 Å². The maximum atomic E-state index is 11.2. The van der Waals surface area contributed by atoms with E-state index in [-0.39, 0.29) is 11.8 Å². The number of carbonyl (C=O) groups is 1. The molecule has 0 aromatic heterocycles. The zero-order valence-corrected chi connectivity index (χ0v) is 23.4. The fourth-order valence-electron chi connectivity index (χ4n) is 6.28. The lowest BCUT2D eigenvalue weighted by atomic mass is 9.69. The highest BCUT2D eigenvalue weighted by Crippen LogP contribution is 2.41. The molecule has 0 spiro atoms. The summed E-state index contributed by atoms with van der Waals surface area (Å²) >= 11 is 0. The van der Waals surface area contributed by atoms with Crippen molar-refractivity contribution in [3.8, 4) is 11.1 Å². The molecule has 38 heavy (non-hydrogen) atoms. The van der Waals surface area contributed by atoms with Gasteiger partial charge in [0, 0.05) is 5.41 Å². The van der Waals surface area contributed by atoms with E-state index in [2.05, 4.69) is 76.2 Å². The van der Waals surface area contributed by atoms with Crippen LogP contribution in [-0.2, 0) is 16.6 Å². The van der Waals surface area contributed by atoms with Crippen LogP contribution in [0, 0.1) is 13.8 Å². The van der Waals surface area contributed by atoms with Crippen LogP contribution in [0.2, 0.25) is 0 Å². The molecule has 3 heteroatoms. The first kappa shape index (κ1) is 27.9. The Morgan fingerprint density at radius 2 is 1.55 bits per heavy atom. The second kappa shape index (κ2) is 11.7. The number of carboxylic acid groups (broad SMARTS) is 1. The molecule has 3 aromatic carbocycles. The van der Waals surface area contributed by atoms with Gasteiger partial charge in [-0.05, 0) is 84.0 Å². The molecule has 0 radical (unpaired) electrons. The van der Waals surface area contributed by atoms with Crippen molar-refractivity contribution < 1.29 is 15.0 Å². The van der Waals surface area contributed by atoms with Gasteiger partial charge in [-0.25, -0.2) is 0 Å². The number of aryl methyl sites for hydroxylation is 2. The van der Waals surface area contributed by atoms with Crippen LogP contribution in [0.25, 0.3) is 17.2 Å². The summed E-state index contributed by atoms with van der Waals surface area (Å²) in [4.78, 5) is 11.2. The van der Waals surface area contributed by atoms with Crippen LogP contribution in [0.1, 0.15) is 92.2 Å². The lowest BCUT2D eigenvalue weighted by Gasteiger charge is -2.34. The van der Waals surface area contributed by atoms with Crippen LogP contribution >= 0.6 is 0 Å². The summed E-state index contributed by atoms with van der Waals surface area (Å²) in [5.74, 6) is -0.813. The van der Waals surface area contributed by atoms with Crippen molar-refractivity contribution in [2.75, 3.05) is 0 Å². The fourth-order valence-corrected chi connectivity index (χ4v) is 6.28. The average molecular weight is 511 g/mol. The van der Waals surface area contributed by atoms with Crippen LogP contribution in [0.15, 0.2) is 66.7 Å². The van der Waals surface area contributed by atoms with E-state index in [1.54, 1.807) is 0 Å². The van der Waals surface area contributed by atoms with Gasteiger partial charge < -0.3 is 10.2 Å². The molecule has 0 unspecified atom stereocenters. The van der Waals surface area contributed by atoms with E-state index in [0.717, 1.165) is 55.2 Å². The van der Waals surface area contributed by atoms with E-state index in [1.807, 2.05) is 24.3 Å². The molecule has 1 aliphatic rings. The van der Waals surface area contributed by atoms with Gasteiger partial charge in [0.2, 0.25) is 0 Å². The van der Waals surface area contributed by atoms with Crippen molar-refractivity contribution in [2.24, 2.45) is 0 Å². The predicted molar refractivity (Wildman–Crippen MR) is 158 cm³/mol. The molecule has 0 aliphatic heterocycles. The van der Waals surface area contributed by atoms with E-state index >= 15 is 0 Å². The first-order chi connectivity index (χ1) is 18.2. The number of benzene rings is 3. The molecule has 0 saturated heterocycles. The summed E-state index contributed by atoms with van der Waals surface area (Å²) in [5, 5.41) is 20.1. The van der Waals surface area contributed by atoms with Crippen molar-refractivity contribution in [3.05, 3.63) is 100 Å². The molecule has 0 bridgehead atoms. The number of aliphatic carboxylic acids is 1. The number of carboxylic acids is 1. The number of aliphatic hydroxyl groups is 1. The van der Waals surface area contributed by atoms with Crippen LogP contribution in [0.4, 0.5) is 0 Å². The highest BCUT2D eigenvalue weighted by Gasteiger charge is 2.31. The Morgan fingerprint density at radius 1 is 0.895 bits per heavy atom. The van der Waals surface area contributed by atoms with Crippen molar-refractivity contribution in [2.45, 2.75) is 90.1 Å². The zero-order chi connectivity index (χ0) is 27.3. The maximum Gasteiger partial charge on any atom is 0.307 e. The predicted octanol–water partition coefficient (Wildman–Crippen LogP) is 8.41. The normalized spacial score (nSPS) is 15.6. The molecule has 1 fully saturated rings. The first-order valence-corrected chi connectivity index (χ1v) is 14.1. The molecule has 2 N–H and O–H groups in total. The molecule has 3 nitrogen and oxygen atoms in total. The number of hydrogen-bond donors (Lipinski definition) is 2. The smallest absolute Gasteiger partial charge is 0.307 e. The van der Waals surface area contributed by atoms with Gasteiger partial charge in [0.25, 0.3) is 0 Å². The van der Waals surface area contributed by atoms with Crippen molar-refractivity contribution >= 4 is 12.0 Å². The Labute approximate surface area is 228 Å². The second-order valence-corrected chi connectivity index (χ2v) is 11.2. The monoisotopic (exact) mass is 510 g/mol. The fraction of sp³-hybridized carbons (Fsp3) is 0.400. The van der Waals surface area contributed by atoms with Gasteiger partial charge >= 0.3 is 5.97 Å². The van der Waals surface area contributed by atoms with Crippen LogP contribution in [0.5, 0.6) is 0 Å². The summed E-state index contributed by atoms with van der Waals surface area (Å²) in [6.07, 6.45) is 11.3. The quantitative estimate of drug-likeness (QED) is 0.304. The Balaban J connectivity index is 1.65. The Kier molecular flexibility index (Phi) is 8.57. The molecule has 200 valence electrons. The largest absolute Gasteiger partial charge is 0.481 e. The van der Waals surface area contributed by atoms with E-state index in [9.17, 15) is 15.0 Å². The molecule has 0 atom stereocenters. The first-order valence-electron chi connectivity index (χ1n) is 14.1. The molecular formula is C35H42O3. The van der Waals surface area contributed by atoms with Gasteiger partial charge in [0.15, 0.2) is 0 Å². The summed E-state index contributed by atoms with van der Waals surface area (Å²) in [5.41, 5.74) is 8.48. The van der Waals surface area contributed by atoms with Gasteiger partial charge in [0.05, 0.1) is 12.0 Å². The number of rotatable bonds is 9. The van der Waals surface area contributed by atoms with E-state index in [0.29, 0.717) is 0 Å². The van der Waals surface area contributed by atoms with Gasteiger partial charge in [-0.3, -0.25) is 4.79 Å². The van der Waals surface area contributed by atoms with Gasteiger partial charge in [-0.2, -0.15) is 0 Å². The van der Waals surface area contributed by atoms with E-state index < -0.39 is 11.6 Å². The Bertz CT molecular complexity index is 1310. The third kappa shape index (κ3) is 5.94. The third-order valence-corrected chi connectivity index (χ3v) is 8.69. The molecule has 0 amide bonds. The van der Waals surface area contributed by atoms with Crippen LogP contribution in [-0.4, -0.2) is 21.8 Å². The molecule has 0 heterocycles. The second-order valence-electron chi connectivity index (χ2n) is 11.2. The third-order valence-electron chi connectivity index (χ3n) is 8.69. The zero-order valence-electron chi connectivity index (χ0n) is 23.4. The highest BCUT2D eigenvalue weighted by atomic mass is 16.4. The van der Waals surface area contributed by atoms with Gasteiger partial charge in [-0.1, -0.05) is 106 Å². The molecular weight excluding hydrogens is 468 g/mol. The lowest BCUT2D eigenvalue weighted by molar-refractivity contribution is -0.136. The average Bonchev–Trinajstić information content (AvgIpc) is 2.89. The molecule has 1 aliphatic carbocycles. The highest BCUT2D eigenvalue weighted by molar-refractivity contribution is 5.73. The van der Waals surface area contributed by atoms with Gasteiger partial charge in [0.1, 0.15) is 0 Å². The van der Waals surface area contributed by atoms with Gasteiger partial charge in [-0.15, -0.1) is 0 Å². The van der Waals surface area contributed by atoms with Crippen LogP contribution < -0.4 is 0 Å². The summed E-state index contributed by atoms with van der Waals surface area (Å²) in [6.45, 7) is 8.85. The molecule has 3 aromatic rings. The Hall–Kier alpha value is -3.17. The summed E-state index contributed by atoms with van der Waals surface area (Å²) in [7, 11) is 0. The van der Waals surface area contributed by atoms with Crippen LogP contribution in [0.3, 0.4) is 0 Å². The Morgan fingerprint density at radius 3 is 2.16 bits per heavy atom. The maximum absolute atomic E-state index is 11.2. The topological polar surface area (TPSA) is 57.5 Å². The minimum atomic E-state index is -0.813. The summed E-state index contributed by atoms with van der Waals surface area (Å²) < 4.78 is 0. The molecule has 1 saturated carbocycles. The van der Waals surface area contributed by atoms with E-state index in [4.69, 9.17) is 0 Å². The SMILES string of the molecule is CCC(CC)(c1ccc(C=CC2(O)CCCCC2)c(C)c1)c1ccc(-c2cccc(CC(=O)O)c2)c(C)c1. The molecule has 4 rings (SSSR count).